The lowest BCUT2D eigenvalue weighted by molar-refractivity contribution is -0.490. The Morgan fingerprint density at radius 2 is 2.43 bits per heavy atom. The molecule has 0 aliphatic carbocycles. The van der Waals surface area contributed by atoms with E-state index < -0.39 is 5.03 Å². The Morgan fingerprint density at radius 1 is 1.64 bits per heavy atom. The molecule has 0 spiro atoms. The molecule has 6 heteroatoms. The molecule has 0 amide bonds. The van der Waals surface area contributed by atoms with Crippen molar-refractivity contribution >= 4 is 0 Å². The highest BCUT2D eigenvalue weighted by Crippen LogP contribution is 1.86. The number of nitro groups is 1. The summed E-state index contributed by atoms with van der Waals surface area (Å²) in [5.74, 6) is 0. The van der Waals surface area contributed by atoms with Gasteiger partial charge in [-0.05, 0) is 12.1 Å². The van der Waals surface area contributed by atoms with Crippen LogP contribution in [0, 0.1) is 21.4 Å². The number of aromatic nitrogens is 1. The largest absolute Gasteiger partial charge is 0.327 e. The van der Waals surface area contributed by atoms with Crippen LogP contribution in [0.2, 0.25) is 0 Å². The van der Waals surface area contributed by atoms with Crippen LogP contribution >= 0.6 is 0 Å². The highest BCUT2D eigenvalue weighted by molar-refractivity contribution is 4.92. The third-order valence-electron chi connectivity index (χ3n) is 1.57. The van der Waals surface area contributed by atoms with E-state index in [2.05, 4.69) is 5.10 Å². The second kappa shape index (κ2) is 4.77. The van der Waals surface area contributed by atoms with Crippen molar-refractivity contribution in [3.63, 3.8) is 0 Å². The first-order valence-corrected chi connectivity index (χ1v) is 3.95. The van der Waals surface area contributed by atoms with Crippen LogP contribution in [0.25, 0.3) is 0 Å². The van der Waals surface area contributed by atoms with E-state index in [-0.39, 0.29) is 5.49 Å². The third kappa shape index (κ3) is 2.71. The van der Waals surface area contributed by atoms with Crippen molar-refractivity contribution in [1.29, 1.82) is 5.26 Å². The van der Waals surface area contributed by atoms with Gasteiger partial charge in [0.25, 0.3) is 0 Å². The Balaban J connectivity index is 3.04. The summed E-state index contributed by atoms with van der Waals surface area (Å²) < 4.78 is 1.56. The number of rotatable bonds is 3. The Labute approximate surface area is 79.9 Å². The van der Waals surface area contributed by atoms with Gasteiger partial charge in [0.15, 0.2) is 5.03 Å². The number of hydrogen-bond donors (Lipinski definition) is 0. The van der Waals surface area contributed by atoms with Gasteiger partial charge in [-0.3, -0.25) is 0 Å². The number of nitrogens with zero attached hydrogens (tertiary/aromatic N) is 4. The van der Waals surface area contributed by atoms with Crippen molar-refractivity contribution in [1.82, 2.24) is 4.57 Å². The van der Waals surface area contributed by atoms with Crippen molar-refractivity contribution in [3.8, 4) is 6.07 Å². The molecule has 1 heterocycles. The fourth-order valence-electron chi connectivity index (χ4n) is 1.00. The average molecular weight is 192 g/mol. The van der Waals surface area contributed by atoms with Crippen LogP contribution < -0.4 is 5.49 Å². The maximum atomic E-state index is 10.2. The number of nitriles is 1. The van der Waals surface area contributed by atoms with Crippen LogP contribution in [0.3, 0.4) is 0 Å². The van der Waals surface area contributed by atoms with E-state index in [1.807, 2.05) is 6.07 Å². The zero-order chi connectivity index (χ0) is 10.4. The van der Waals surface area contributed by atoms with Crippen LogP contribution in [0.15, 0.2) is 29.5 Å². The summed E-state index contributed by atoms with van der Waals surface area (Å²) in [6.45, 7) is 0.407. The normalized spacial score (nSPS) is 10.9. The quantitative estimate of drug-likeness (QED) is 0.516. The standard InChI is InChI=1S/C8H8N4O2/c9-5-3-7-11-6-2-1-4-8(11)10-12(13)14/h1-2,4,6H,3,7H2. The second-order valence-corrected chi connectivity index (χ2v) is 2.50. The van der Waals surface area contributed by atoms with Gasteiger partial charge in [0.1, 0.15) is 0 Å². The van der Waals surface area contributed by atoms with Crippen molar-refractivity contribution < 1.29 is 5.03 Å². The number of aryl methyl sites for hydroxylation is 1. The van der Waals surface area contributed by atoms with E-state index >= 15 is 0 Å². The van der Waals surface area contributed by atoms with Gasteiger partial charge >= 0.3 is 0 Å². The molecule has 0 fully saturated rings. The fourth-order valence-corrected chi connectivity index (χ4v) is 1.00. The molecular formula is C8H8N4O2. The lowest BCUT2D eigenvalue weighted by Gasteiger charge is -2.00. The van der Waals surface area contributed by atoms with E-state index in [0.29, 0.717) is 13.0 Å². The summed E-state index contributed by atoms with van der Waals surface area (Å²) in [6.07, 6.45) is 1.95. The second-order valence-electron chi connectivity index (χ2n) is 2.50. The molecule has 1 rings (SSSR count). The molecule has 1 aromatic rings. The molecule has 1 aromatic heterocycles. The van der Waals surface area contributed by atoms with Crippen molar-refractivity contribution in [2.24, 2.45) is 5.10 Å². The van der Waals surface area contributed by atoms with Crippen molar-refractivity contribution in [3.05, 3.63) is 40.0 Å². The lowest BCUT2D eigenvalue weighted by atomic mass is 10.4. The zero-order valence-electron chi connectivity index (χ0n) is 7.33. The highest BCUT2D eigenvalue weighted by Gasteiger charge is 1.96. The Kier molecular flexibility index (Phi) is 3.38. The van der Waals surface area contributed by atoms with Gasteiger partial charge in [-0.1, -0.05) is 6.07 Å². The van der Waals surface area contributed by atoms with E-state index in [0.717, 1.165) is 0 Å². The summed E-state index contributed by atoms with van der Waals surface area (Å²) in [5.41, 5.74) is 0.243. The maximum absolute atomic E-state index is 10.2. The average Bonchev–Trinajstić information content (AvgIpc) is 2.16. The molecule has 72 valence electrons. The minimum Gasteiger partial charge on any atom is -0.327 e. The van der Waals surface area contributed by atoms with Gasteiger partial charge in [-0.2, -0.15) is 5.26 Å². The molecule has 0 N–H and O–H groups in total. The Morgan fingerprint density at radius 3 is 3.07 bits per heavy atom. The molecule has 0 saturated carbocycles. The summed E-state index contributed by atoms with van der Waals surface area (Å²) in [5, 5.41) is 21.0. The third-order valence-corrected chi connectivity index (χ3v) is 1.57. The van der Waals surface area contributed by atoms with Crippen LogP contribution in [0.4, 0.5) is 0 Å². The van der Waals surface area contributed by atoms with Crippen LogP contribution in [-0.4, -0.2) is 9.60 Å². The molecule has 0 bridgehead atoms. The highest BCUT2D eigenvalue weighted by atomic mass is 16.7. The van der Waals surface area contributed by atoms with E-state index in [9.17, 15) is 10.1 Å². The Bertz CT molecular complexity index is 429. The summed E-state index contributed by atoms with van der Waals surface area (Å²) in [7, 11) is 0. The van der Waals surface area contributed by atoms with Crippen molar-refractivity contribution in [2.75, 3.05) is 0 Å². The first-order chi connectivity index (χ1) is 6.74. The van der Waals surface area contributed by atoms with E-state index in [1.165, 1.54) is 6.07 Å². The van der Waals surface area contributed by atoms with Crippen LogP contribution in [-0.2, 0) is 6.54 Å². The molecule has 6 nitrogen and oxygen atoms in total. The monoisotopic (exact) mass is 192 g/mol. The molecule has 0 atom stereocenters. The topological polar surface area (TPSA) is 84.2 Å². The maximum Gasteiger partial charge on any atom is 0.206 e. The SMILES string of the molecule is N#CCCn1ccccc1=N[N+](=O)[O-]. The summed E-state index contributed by atoms with van der Waals surface area (Å²) >= 11 is 0. The zero-order valence-corrected chi connectivity index (χ0v) is 7.33. The smallest absolute Gasteiger partial charge is 0.206 e. The van der Waals surface area contributed by atoms with Crippen LogP contribution in [0.1, 0.15) is 6.42 Å². The molecule has 0 aliphatic rings. The molecule has 0 radical (unpaired) electrons. The van der Waals surface area contributed by atoms with Gasteiger partial charge in [0.2, 0.25) is 5.49 Å². The van der Waals surface area contributed by atoms with Gasteiger partial charge < -0.3 is 4.57 Å². The number of pyridine rings is 1. The molecule has 14 heavy (non-hydrogen) atoms. The summed E-state index contributed by atoms with van der Waals surface area (Å²) in [6, 6.07) is 6.88. The predicted molar refractivity (Wildman–Crippen MR) is 47.2 cm³/mol. The van der Waals surface area contributed by atoms with E-state index in [1.54, 1.807) is 22.9 Å². The molecule has 0 aliphatic heterocycles. The summed E-state index contributed by atoms with van der Waals surface area (Å²) in [4.78, 5) is 10.2. The van der Waals surface area contributed by atoms with Gasteiger partial charge in [0, 0.05) is 12.7 Å². The fraction of sp³-hybridized carbons (Fsp3) is 0.250. The Hall–Kier alpha value is -2.16. The minimum absolute atomic E-state index is 0.243. The van der Waals surface area contributed by atoms with Gasteiger partial charge in [-0.25, -0.2) is 10.1 Å². The lowest BCUT2D eigenvalue weighted by Crippen LogP contribution is -2.21. The first-order valence-electron chi connectivity index (χ1n) is 3.95. The first kappa shape index (κ1) is 9.92. The van der Waals surface area contributed by atoms with Gasteiger partial charge in [0.05, 0.1) is 17.6 Å². The van der Waals surface area contributed by atoms with Gasteiger partial charge in [-0.15, -0.1) is 0 Å². The van der Waals surface area contributed by atoms with Crippen molar-refractivity contribution in [2.45, 2.75) is 13.0 Å². The van der Waals surface area contributed by atoms with Crippen LogP contribution in [0.5, 0.6) is 0 Å². The molecule has 0 aromatic carbocycles. The van der Waals surface area contributed by atoms with E-state index in [4.69, 9.17) is 5.26 Å². The predicted octanol–water partition coefficient (Wildman–Crippen LogP) is 0.494. The number of hydrogen-bond acceptors (Lipinski definition) is 3. The molecule has 0 saturated heterocycles. The minimum atomic E-state index is -0.752. The molecule has 0 unspecified atom stereocenters. The molecular weight excluding hydrogens is 184 g/mol.